The van der Waals surface area contributed by atoms with Crippen molar-refractivity contribution in [3.8, 4) is 10.7 Å². The fourth-order valence-corrected chi connectivity index (χ4v) is 5.06. The Morgan fingerprint density at radius 2 is 1.96 bits per heavy atom. The van der Waals surface area contributed by atoms with E-state index in [9.17, 15) is 0 Å². The van der Waals surface area contributed by atoms with E-state index in [1.54, 1.807) is 29.8 Å². The maximum Gasteiger partial charge on any atom is 0.173 e. The van der Waals surface area contributed by atoms with Crippen molar-refractivity contribution in [3.05, 3.63) is 28.0 Å². The predicted molar refractivity (Wildman–Crippen MR) is 111 cm³/mol. The number of anilines is 1. The number of aryl methyl sites for hydroxylation is 2. The van der Waals surface area contributed by atoms with Crippen LogP contribution in [0.2, 0.25) is 0 Å². The molecule has 3 aromatic rings. The molecule has 5 nitrogen and oxygen atoms in total. The molecule has 1 fully saturated rings. The van der Waals surface area contributed by atoms with Gasteiger partial charge in [0, 0.05) is 44.7 Å². The van der Waals surface area contributed by atoms with Crippen LogP contribution in [0.3, 0.4) is 0 Å². The van der Waals surface area contributed by atoms with Gasteiger partial charge in [0.05, 0.1) is 16.9 Å². The van der Waals surface area contributed by atoms with E-state index in [0.717, 1.165) is 60.7 Å². The van der Waals surface area contributed by atoms with E-state index in [4.69, 9.17) is 14.7 Å². The summed E-state index contributed by atoms with van der Waals surface area (Å²) in [6.45, 7) is 10.3. The monoisotopic (exact) mass is 388 g/mol. The van der Waals surface area contributed by atoms with E-state index in [-0.39, 0.29) is 0 Å². The second-order valence-electron chi connectivity index (χ2n) is 6.63. The first-order chi connectivity index (χ1) is 12.7. The van der Waals surface area contributed by atoms with Crippen molar-refractivity contribution in [1.29, 1.82) is 0 Å². The molecule has 0 aliphatic carbocycles. The smallest absolute Gasteiger partial charge is 0.173 e. The highest BCUT2D eigenvalue weighted by Crippen LogP contribution is 2.37. The quantitative estimate of drug-likeness (QED) is 0.665. The molecule has 1 aliphatic heterocycles. The van der Waals surface area contributed by atoms with Gasteiger partial charge in [-0.3, -0.25) is 4.90 Å². The van der Waals surface area contributed by atoms with E-state index < -0.39 is 0 Å². The summed E-state index contributed by atoms with van der Waals surface area (Å²) in [4.78, 5) is 18.4. The van der Waals surface area contributed by atoms with Gasteiger partial charge in [-0.05, 0) is 30.9 Å². The highest BCUT2D eigenvalue weighted by Gasteiger charge is 2.23. The zero-order valence-corrected chi connectivity index (χ0v) is 17.1. The Bertz CT molecular complexity index is 883. The summed E-state index contributed by atoms with van der Waals surface area (Å²) in [6, 6.07) is 4.17. The number of piperazine rings is 1. The van der Waals surface area contributed by atoms with Crippen LogP contribution < -0.4 is 4.90 Å². The maximum atomic E-state index is 5.22. The topological polar surface area (TPSA) is 41.5 Å². The molecule has 3 aromatic heterocycles. The number of nitrogens with zero attached hydrogens (tertiary/aromatic N) is 4. The minimum Gasteiger partial charge on any atom is -0.383 e. The summed E-state index contributed by atoms with van der Waals surface area (Å²) >= 11 is 3.48. The number of fused-ring (bicyclic) bond motifs is 1. The molecule has 0 unspecified atom stereocenters. The molecule has 1 saturated heterocycles. The first-order valence-corrected chi connectivity index (χ1v) is 10.6. The number of ether oxygens (including phenoxy) is 1. The number of methoxy groups -OCH3 is 1. The summed E-state index contributed by atoms with van der Waals surface area (Å²) in [7, 11) is 1.77. The van der Waals surface area contributed by atoms with Crippen LogP contribution in [0.15, 0.2) is 17.5 Å². The zero-order valence-electron chi connectivity index (χ0n) is 15.5. The minimum absolute atomic E-state index is 0.795. The number of thiophene rings is 2. The molecule has 4 rings (SSSR count). The number of aromatic nitrogens is 2. The van der Waals surface area contributed by atoms with Crippen LogP contribution >= 0.6 is 22.7 Å². The Hall–Kier alpha value is -1.54. The molecule has 138 valence electrons. The fraction of sp³-hybridized carbons (Fsp3) is 0.474. The summed E-state index contributed by atoms with van der Waals surface area (Å²) in [5.41, 5.74) is 1.32. The molecule has 0 saturated carbocycles. The molecular weight excluding hydrogens is 364 g/mol. The molecule has 4 heterocycles. The molecule has 26 heavy (non-hydrogen) atoms. The molecule has 0 atom stereocenters. The van der Waals surface area contributed by atoms with Gasteiger partial charge in [0.15, 0.2) is 5.82 Å². The Kier molecular flexibility index (Phi) is 5.22. The van der Waals surface area contributed by atoms with Crippen molar-refractivity contribution in [3.63, 3.8) is 0 Å². The molecule has 0 radical (unpaired) electrons. The van der Waals surface area contributed by atoms with E-state index in [1.807, 2.05) is 0 Å². The molecule has 0 N–H and O–H groups in total. The van der Waals surface area contributed by atoms with Crippen molar-refractivity contribution in [1.82, 2.24) is 14.9 Å². The Balaban J connectivity index is 1.69. The van der Waals surface area contributed by atoms with E-state index >= 15 is 0 Å². The lowest BCUT2D eigenvalue weighted by Gasteiger charge is -2.35. The van der Waals surface area contributed by atoms with Crippen molar-refractivity contribution < 1.29 is 4.74 Å². The Morgan fingerprint density at radius 1 is 1.15 bits per heavy atom. The fourth-order valence-electron chi connectivity index (χ4n) is 3.38. The predicted octanol–water partition coefficient (Wildman–Crippen LogP) is 3.81. The largest absolute Gasteiger partial charge is 0.383 e. The van der Waals surface area contributed by atoms with Crippen LogP contribution in [0.4, 0.5) is 5.82 Å². The molecule has 7 heteroatoms. The zero-order chi connectivity index (χ0) is 18.1. The van der Waals surface area contributed by atoms with Crippen LogP contribution in [0.1, 0.15) is 10.4 Å². The summed E-state index contributed by atoms with van der Waals surface area (Å²) < 4.78 is 5.22. The van der Waals surface area contributed by atoms with Crippen molar-refractivity contribution in [2.75, 3.05) is 51.3 Å². The summed E-state index contributed by atoms with van der Waals surface area (Å²) in [5.74, 6) is 1.96. The van der Waals surface area contributed by atoms with E-state index in [1.165, 1.54) is 15.8 Å². The second kappa shape index (κ2) is 7.60. The number of rotatable bonds is 5. The van der Waals surface area contributed by atoms with Crippen LogP contribution in [-0.4, -0.2) is 61.3 Å². The first kappa shape index (κ1) is 17.9. The highest BCUT2D eigenvalue weighted by atomic mass is 32.1. The van der Waals surface area contributed by atoms with Crippen molar-refractivity contribution in [2.24, 2.45) is 0 Å². The lowest BCUT2D eigenvalue weighted by atomic mass is 10.2. The molecule has 1 aliphatic rings. The van der Waals surface area contributed by atoms with Gasteiger partial charge in [-0.15, -0.1) is 22.7 Å². The van der Waals surface area contributed by atoms with Gasteiger partial charge in [0.25, 0.3) is 0 Å². The third kappa shape index (κ3) is 3.36. The number of hydrogen-bond acceptors (Lipinski definition) is 7. The minimum atomic E-state index is 0.795. The van der Waals surface area contributed by atoms with Gasteiger partial charge < -0.3 is 9.64 Å². The van der Waals surface area contributed by atoms with Crippen molar-refractivity contribution >= 4 is 38.7 Å². The third-order valence-electron chi connectivity index (χ3n) is 5.03. The highest BCUT2D eigenvalue weighted by molar-refractivity contribution is 7.19. The van der Waals surface area contributed by atoms with Gasteiger partial charge in [-0.2, -0.15) is 0 Å². The second-order valence-corrected chi connectivity index (χ2v) is 8.78. The third-order valence-corrected chi connectivity index (χ3v) is 7.00. The van der Waals surface area contributed by atoms with Gasteiger partial charge >= 0.3 is 0 Å². The van der Waals surface area contributed by atoms with Gasteiger partial charge in [0.2, 0.25) is 0 Å². The lowest BCUT2D eigenvalue weighted by molar-refractivity contribution is 0.144. The molecule has 0 aromatic carbocycles. The molecule has 0 amide bonds. The molecule has 0 spiro atoms. The standard InChI is InChI=1S/C19H24N4OS2/c1-13-14(2)26-19-16(13)18(20-17(21-19)15-5-4-12-25-15)23-8-6-22(7-9-23)10-11-24-3/h4-5,12H,6-11H2,1-3H3. The van der Waals surface area contributed by atoms with Crippen LogP contribution in [0, 0.1) is 13.8 Å². The van der Waals surface area contributed by atoms with Crippen LogP contribution in [0.5, 0.6) is 0 Å². The van der Waals surface area contributed by atoms with E-state index in [2.05, 4.69) is 41.2 Å². The van der Waals surface area contributed by atoms with E-state index in [0.29, 0.717) is 0 Å². The van der Waals surface area contributed by atoms with Gasteiger partial charge in [-0.25, -0.2) is 9.97 Å². The summed E-state index contributed by atoms with van der Waals surface area (Å²) in [5, 5.41) is 3.32. The lowest BCUT2D eigenvalue weighted by Crippen LogP contribution is -2.47. The maximum absolute atomic E-state index is 5.22. The molecular formula is C19H24N4OS2. The summed E-state index contributed by atoms with van der Waals surface area (Å²) in [6.07, 6.45) is 0. The Labute approximate surface area is 162 Å². The van der Waals surface area contributed by atoms with Gasteiger partial charge in [0.1, 0.15) is 10.6 Å². The van der Waals surface area contributed by atoms with Gasteiger partial charge in [-0.1, -0.05) is 6.07 Å². The first-order valence-electron chi connectivity index (χ1n) is 8.95. The normalized spacial score (nSPS) is 15.9. The van der Waals surface area contributed by atoms with Crippen molar-refractivity contribution in [2.45, 2.75) is 13.8 Å². The molecule has 0 bridgehead atoms. The number of hydrogen-bond donors (Lipinski definition) is 0. The van der Waals surface area contributed by atoms with Crippen LogP contribution in [0.25, 0.3) is 20.9 Å². The average Bonchev–Trinajstić information content (AvgIpc) is 3.29. The Morgan fingerprint density at radius 3 is 2.65 bits per heavy atom. The van der Waals surface area contributed by atoms with Crippen LogP contribution in [-0.2, 0) is 4.74 Å². The SMILES string of the molecule is COCCN1CCN(c2nc(-c3cccs3)nc3sc(C)c(C)c23)CC1. The average molecular weight is 389 g/mol.